The van der Waals surface area contributed by atoms with Crippen LogP contribution in [-0.4, -0.2) is 46.5 Å². The van der Waals surface area contributed by atoms with Gasteiger partial charge in [-0.25, -0.2) is 4.79 Å². The first kappa shape index (κ1) is 15.9. The van der Waals surface area contributed by atoms with Gasteiger partial charge in [-0.15, -0.1) is 11.8 Å². The lowest BCUT2D eigenvalue weighted by molar-refractivity contribution is -0.135. The normalized spacial score (nSPS) is 26.1. The zero-order valence-corrected chi connectivity index (χ0v) is 13.8. The van der Waals surface area contributed by atoms with E-state index in [1.54, 1.807) is 40.9 Å². The summed E-state index contributed by atoms with van der Waals surface area (Å²) in [6, 6.07) is 6.10. The van der Waals surface area contributed by atoms with E-state index < -0.39 is 12.0 Å². The second-order valence-electron chi connectivity index (χ2n) is 5.83. The summed E-state index contributed by atoms with van der Waals surface area (Å²) in [6.07, 6.45) is 1.27. The van der Waals surface area contributed by atoms with Gasteiger partial charge in [0, 0.05) is 17.9 Å². The maximum absolute atomic E-state index is 12.6. The van der Waals surface area contributed by atoms with Crippen molar-refractivity contribution in [1.82, 2.24) is 4.90 Å². The van der Waals surface area contributed by atoms with Crippen molar-refractivity contribution in [3.63, 3.8) is 0 Å². The third kappa shape index (κ3) is 2.81. The zero-order valence-electron chi connectivity index (χ0n) is 13.0. The van der Waals surface area contributed by atoms with Crippen molar-refractivity contribution in [3.8, 4) is 0 Å². The first-order valence-corrected chi connectivity index (χ1v) is 8.38. The molecular formula is C16H18N2O4S. The average Bonchev–Trinajstić information content (AvgIpc) is 3.03. The Bertz CT molecular complexity index is 678. The highest BCUT2D eigenvalue weighted by Crippen LogP contribution is 2.47. The van der Waals surface area contributed by atoms with Crippen molar-refractivity contribution in [2.24, 2.45) is 0 Å². The van der Waals surface area contributed by atoms with Gasteiger partial charge in [-0.3, -0.25) is 9.59 Å². The molecule has 1 N–H and O–H groups in total. The molecule has 0 saturated carbocycles. The molecule has 1 aromatic rings. The monoisotopic (exact) mass is 334 g/mol. The van der Waals surface area contributed by atoms with Gasteiger partial charge < -0.3 is 15.0 Å². The Labute approximate surface area is 138 Å². The highest BCUT2D eigenvalue weighted by Gasteiger charge is 2.52. The number of esters is 1. The molecule has 2 aliphatic heterocycles. The molecule has 1 aromatic carbocycles. The Balaban J connectivity index is 1.75. The third-order valence-corrected chi connectivity index (χ3v) is 5.80. The van der Waals surface area contributed by atoms with Crippen molar-refractivity contribution in [2.45, 2.75) is 30.7 Å². The molecule has 23 heavy (non-hydrogen) atoms. The number of amides is 2. The van der Waals surface area contributed by atoms with Gasteiger partial charge in [0.05, 0.1) is 17.5 Å². The van der Waals surface area contributed by atoms with E-state index in [0.717, 1.165) is 6.42 Å². The van der Waals surface area contributed by atoms with Gasteiger partial charge in [0.1, 0.15) is 6.04 Å². The molecule has 2 saturated heterocycles. The van der Waals surface area contributed by atoms with Crippen LogP contribution >= 0.6 is 11.8 Å². The van der Waals surface area contributed by atoms with E-state index in [1.165, 1.54) is 7.11 Å². The summed E-state index contributed by atoms with van der Waals surface area (Å²) in [5.41, 5.74) is 0.885. The lowest BCUT2D eigenvalue weighted by Crippen LogP contribution is -2.48. The molecule has 2 unspecified atom stereocenters. The van der Waals surface area contributed by atoms with Gasteiger partial charge in [0.25, 0.3) is 0 Å². The smallest absolute Gasteiger partial charge is 0.337 e. The van der Waals surface area contributed by atoms with Gasteiger partial charge in [-0.2, -0.15) is 0 Å². The van der Waals surface area contributed by atoms with Crippen LogP contribution in [0.15, 0.2) is 24.3 Å². The Kier molecular flexibility index (Phi) is 4.06. The van der Waals surface area contributed by atoms with E-state index in [1.807, 2.05) is 6.92 Å². The van der Waals surface area contributed by atoms with Crippen LogP contribution in [0.1, 0.15) is 30.1 Å². The number of nitrogens with zero attached hydrogens (tertiary/aromatic N) is 1. The molecule has 2 aliphatic rings. The standard InChI is InChI=1S/C16H18N2O4S/c1-16-7-6-13(19)18(16)12(9-23-16)14(20)17-11-5-3-4-10(8-11)15(21)22-2/h3-5,8,12H,6-7,9H2,1-2H3,(H,17,20). The molecule has 3 rings (SSSR count). The number of ether oxygens (including phenoxy) is 1. The summed E-state index contributed by atoms with van der Waals surface area (Å²) in [5.74, 6) is -0.0654. The molecule has 0 radical (unpaired) electrons. The first-order valence-electron chi connectivity index (χ1n) is 7.40. The van der Waals surface area contributed by atoms with Crippen molar-refractivity contribution >= 4 is 35.2 Å². The molecule has 2 amide bonds. The SMILES string of the molecule is COC(=O)c1cccc(NC(=O)C2CSC3(C)CCC(=O)N23)c1. The van der Waals surface area contributed by atoms with Crippen LogP contribution < -0.4 is 5.32 Å². The molecule has 2 heterocycles. The largest absolute Gasteiger partial charge is 0.465 e. The molecule has 122 valence electrons. The lowest BCUT2D eigenvalue weighted by atomic mass is 10.2. The molecule has 6 nitrogen and oxygen atoms in total. The van der Waals surface area contributed by atoms with E-state index >= 15 is 0 Å². The van der Waals surface area contributed by atoms with Crippen LogP contribution in [0.25, 0.3) is 0 Å². The Morgan fingerprint density at radius 2 is 2.22 bits per heavy atom. The molecule has 2 atom stereocenters. The number of rotatable bonds is 3. The van der Waals surface area contributed by atoms with Crippen LogP contribution in [0.4, 0.5) is 5.69 Å². The van der Waals surface area contributed by atoms with Crippen LogP contribution in [0.3, 0.4) is 0 Å². The summed E-state index contributed by atoms with van der Waals surface area (Å²) in [7, 11) is 1.31. The topological polar surface area (TPSA) is 75.7 Å². The number of methoxy groups -OCH3 is 1. The number of hydrogen-bond donors (Lipinski definition) is 1. The number of carbonyl (C=O) groups excluding carboxylic acids is 3. The predicted molar refractivity (Wildman–Crippen MR) is 87.1 cm³/mol. The minimum absolute atomic E-state index is 0.0287. The highest BCUT2D eigenvalue weighted by atomic mass is 32.2. The molecule has 2 fully saturated rings. The number of carbonyl (C=O) groups is 3. The van der Waals surface area contributed by atoms with Gasteiger partial charge in [-0.05, 0) is 31.5 Å². The van der Waals surface area contributed by atoms with E-state index in [9.17, 15) is 14.4 Å². The number of hydrogen-bond acceptors (Lipinski definition) is 5. The van der Waals surface area contributed by atoms with Gasteiger partial charge in [-0.1, -0.05) is 6.07 Å². The molecule has 0 aromatic heterocycles. The second kappa shape index (κ2) is 5.88. The fourth-order valence-corrected chi connectivity index (χ4v) is 4.51. The highest BCUT2D eigenvalue weighted by molar-refractivity contribution is 8.01. The number of anilines is 1. The fourth-order valence-electron chi connectivity index (χ4n) is 3.08. The van der Waals surface area contributed by atoms with Gasteiger partial charge >= 0.3 is 5.97 Å². The van der Waals surface area contributed by atoms with E-state index in [0.29, 0.717) is 23.4 Å². The molecular weight excluding hydrogens is 316 g/mol. The lowest BCUT2D eigenvalue weighted by Gasteiger charge is -2.29. The molecule has 7 heteroatoms. The minimum atomic E-state index is -0.471. The van der Waals surface area contributed by atoms with E-state index in [-0.39, 0.29) is 16.7 Å². The molecule has 0 bridgehead atoms. The van der Waals surface area contributed by atoms with Crippen molar-refractivity contribution < 1.29 is 19.1 Å². The Morgan fingerprint density at radius 3 is 2.96 bits per heavy atom. The Morgan fingerprint density at radius 1 is 1.43 bits per heavy atom. The van der Waals surface area contributed by atoms with Crippen molar-refractivity contribution in [1.29, 1.82) is 0 Å². The van der Waals surface area contributed by atoms with Crippen molar-refractivity contribution in [3.05, 3.63) is 29.8 Å². The second-order valence-corrected chi connectivity index (χ2v) is 7.33. The predicted octanol–water partition coefficient (Wildman–Crippen LogP) is 1.87. The zero-order chi connectivity index (χ0) is 16.6. The minimum Gasteiger partial charge on any atom is -0.465 e. The van der Waals surface area contributed by atoms with Gasteiger partial charge in [0.15, 0.2) is 0 Å². The summed E-state index contributed by atoms with van der Waals surface area (Å²) in [4.78, 5) is 37.6. The molecule has 0 spiro atoms. The number of fused-ring (bicyclic) bond motifs is 1. The number of nitrogens with one attached hydrogen (secondary N) is 1. The summed E-state index contributed by atoms with van der Waals surface area (Å²) in [6.45, 7) is 2.01. The summed E-state index contributed by atoms with van der Waals surface area (Å²) in [5, 5.41) is 2.80. The average molecular weight is 334 g/mol. The quantitative estimate of drug-likeness (QED) is 0.854. The van der Waals surface area contributed by atoms with Crippen molar-refractivity contribution in [2.75, 3.05) is 18.2 Å². The number of benzene rings is 1. The van der Waals surface area contributed by atoms with Gasteiger partial charge in [0.2, 0.25) is 11.8 Å². The van der Waals surface area contributed by atoms with E-state index in [2.05, 4.69) is 10.1 Å². The maximum atomic E-state index is 12.6. The Hall–Kier alpha value is -2.02. The molecule has 0 aliphatic carbocycles. The van der Waals surface area contributed by atoms with E-state index in [4.69, 9.17) is 0 Å². The van der Waals surface area contributed by atoms with Crippen LogP contribution in [0.5, 0.6) is 0 Å². The van der Waals surface area contributed by atoms with Crippen LogP contribution in [0, 0.1) is 0 Å². The fraction of sp³-hybridized carbons (Fsp3) is 0.438. The van der Waals surface area contributed by atoms with Crippen LogP contribution in [0.2, 0.25) is 0 Å². The third-order valence-electron chi connectivity index (χ3n) is 4.30. The van der Waals surface area contributed by atoms with Crippen LogP contribution in [-0.2, 0) is 14.3 Å². The first-order chi connectivity index (χ1) is 10.9. The summed E-state index contributed by atoms with van der Waals surface area (Å²) >= 11 is 1.65. The number of thioether (sulfide) groups is 1. The maximum Gasteiger partial charge on any atom is 0.337 e. The summed E-state index contributed by atoms with van der Waals surface area (Å²) < 4.78 is 4.67.